The van der Waals surface area contributed by atoms with Gasteiger partial charge >= 0.3 is 0 Å². The normalized spacial score (nSPS) is 24.4. The fraction of sp³-hybridized carbons (Fsp3) is 0.538. The molecule has 2 aliphatic heterocycles. The van der Waals surface area contributed by atoms with E-state index in [1.807, 2.05) is 15.5 Å². The summed E-state index contributed by atoms with van der Waals surface area (Å²) in [5, 5.41) is 0. The first kappa shape index (κ1) is 14.1. The van der Waals surface area contributed by atoms with E-state index in [1.54, 1.807) is 12.1 Å². The van der Waals surface area contributed by atoms with Gasteiger partial charge in [0.1, 0.15) is 0 Å². The van der Waals surface area contributed by atoms with Crippen molar-refractivity contribution in [3.05, 3.63) is 34.2 Å². The third-order valence-corrected chi connectivity index (χ3v) is 4.01. The second-order valence-electron chi connectivity index (χ2n) is 5.20. The molecule has 2 aliphatic rings. The minimum atomic E-state index is 0. The van der Waals surface area contributed by atoms with Gasteiger partial charge in [-0.15, -0.1) is 12.4 Å². The number of carbonyl (C=O) groups excluding carboxylic acids is 1. The average Bonchev–Trinajstić information content (AvgIpc) is 2.39. The Morgan fingerprint density at radius 2 is 2.11 bits per heavy atom. The van der Waals surface area contributed by atoms with Crippen LogP contribution in [0.15, 0.2) is 23.0 Å². The molecule has 0 radical (unpaired) electrons. The highest BCUT2D eigenvalue weighted by atomic mass is 35.5. The molecule has 0 spiro atoms. The summed E-state index contributed by atoms with van der Waals surface area (Å²) >= 11 is 0. The Morgan fingerprint density at radius 3 is 2.84 bits per heavy atom. The molecule has 1 saturated heterocycles. The Morgan fingerprint density at radius 1 is 1.32 bits per heavy atom. The number of carbonyl (C=O) groups is 1. The summed E-state index contributed by atoms with van der Waals surface area (Å²) in [7, 11) is 0. The molecule has 0 saturated carbocycles. The number of amides is 1. The summed E-state index contributed by atoms with van der Waals surface area (Å²) in [5.74, 6) is 0.671. The highest BCUT2D eigenvalue weighted by Crippen LogP contribution is 2.34. The van der Waals surface area contributed by atoms with E-state index >= 15 is 0 Å². The van der Waals surface area contributed by atoms with Crippen molar-refractivity contribution in [2.75, 3.05) is 19.6 Å². The number of halogens is 1. The van der Waals surface area contributed by atoms with Crippen LogP contribution in [0.2, 0.25) is 0 Å². The molecule has 2 bridgehead atoms. The summed E-state index contributed by atoms with van der Waals surface area (Å²) in [6, 6.07) is 5.41. The number of hydrogen-bond acceptors (Lipinski definition) is 3. The molecule has 1 fully saturated rings. The molecule has 0 unspecified atom stereocenters. The van der Waals surface area contributed by atoms with E-state index in [4.69, 9.17) is 5.73 Å². The maximum atomic E-state index is 11.8. The summed E-state index contributed by atoms with van der Waals surface area (Å²) < 4.78 is 1.86. The molecule has 5 nitrogen and oxygen atoms in total. The molecule has 2 atom stereocenters. The van der Waals surface area contributed by atoms with Crippen molar-refractivity contribution in [1.82, 2.24) is 9.47 Å². The monoisotopic (exact) mass is 283 g/mol. The molecule has 1 aromatic heterocycles. The van der Waals surface area contributed by atoms with Crippen molar-refractivity contribution in [1.29, 1.82) is 0 Å². The van der Waals surface area contributed by atoms with Gasteiger partial charge in [-0.3, -0.25) is 9.59 Å². The standard InChI is InChI=1S/C13H17N3O2.ClH/c14-5-13(18)15-6-9-4-10(8-15)11-2-1-3-12(17)16(11)7-9;/h1-3,9-10H,4-8,14H2;1H/t9-,10+;/m0./s1. The summed E-state index contributed by atoms with van der Waals surface area (Å²) in [6.07, 6.45) is 1.07. The SMILES string of the molecule is Cl.NCC(=O)N1C[C@@H]2C[C@H](C1)c1cccc(=O)n1C2. The largest absolute Gasteiger partial charge is 0.341 e. The van der Waals surface area contributed by atoms with Crippen LogP contribution in [0.25, 0.3) is 0 Å². The Bertz CT molecular complexity index is 543. The number of hydrogen-bond donors (Lipinski definition) is 1. The van der Waals surface area contributed by atoms with E-state index < -0.39 is 0 Å². The van der Waals surface area contributed by atoms with Crippen LogP contribution < -0.4 is 11.3 Å². The van der Waals surface area contributed by atoms with E-state index in [1.165, 1.54) is 0 Å². The summed E-state index contributed by atoms with van der Waals surface area (Å²) in [5.41, 5.74) is 6.56. The second kappa shape index (κ2) is 5.35. The topological polar surface area (TPSA) is 68.3 Å². The van der Waals surface area contributed by atoms with E-state index in [2.05, 4.69) is 0 Å². The van der Waals surface area contributed by atoms with Crippen LogP contribution in [0.5, 0.6) is 0 Å². The Labute approximate surface area is 117 Å². The minimum absolute atomic E-state index is 0. The van der Waals surface area contributed by atoms with Crippen LogP contribution in [0.3, 0.4) is 0 Å². The van der Waals surface area contributed by atoms with Gasteiger partial charge in [0.15, 0.2) is 0 Å². The predicted molar refractivity (Wildman–Crippen MR) is 74.4 cm³/mol. The molecule has 0 aliphatic carbocycles. The lowest BCUT2D eigenvalue weighted by Crippen LogP contribution is -2.50. The maximum Gasteiger partial charge on any atom is 0.250 e. The van der Waals surface area contributed by atoms with Gasteiger partial charge in [-0.25, -0.2) is 0 Å². The zero-order valence-corrected chi connectivity index (χ0v) is 11.4. The molecular weight excluding hydrogens is 266 g/mol. The minimum Gasteiger partial charge on any atom is -0.341 e. The Kier molecular flexibility index (Phi) is 3.96. The number of piperidine rings is 1. The van der Waals surface area contributed by atoms with E-state index in [-0.39, 0.29) is 36.3 Å². The lowest BCUT2D eigenvalue weighted by Gasteiger charge is -2.42. The van der Waals surface area contributed by atoms with Crippen molar-refractivity contribution in [2.45, 2.75) is 18.9 Å². The van der Waals surface area contributed by atoms with Gasteiger partial charge in [0, 0.05) is 37.3 Å². The Balaban J connectivity index is 0.00000133. The smallest absolute Gasteiger partial charge is 0.250 e. The lowest BCUT2D eigenvalue weighted by atomic mass is 9.83. The molecule has 104 valence electrons. The van der Waals surface area contributed by atoms with Crippen molar-refractivity contribution in [3.63, 3.8) is 0 Å². The van der Waals surface area contributed by atoms with Gasteiger partial charge in [0.05, 0.1) is 6.54 Å². The van der Waals surface area contributed by atoms with Crippen molar-refractivity contribution >= 4 is 18.3 Å². The van der Waals surface area contributed by atoms with Crippen LogP contribution in [-0.4, -0.2) is 35.0 Å². The summed E-state index contributed by atoms with van der Waals surface area (Å²) in [4.78, 5) is 25.4. The first-order valence-electron chi connectivity index (χ1n) is 6.36. The molecule has 19 heavy (non-hydrogen) atoms. The number of pyridine rings is 1. The quantitative estimate of drug-likeness (QED) is 0.799. The van der Waals surface area contributed by atoms with Crippen LogP contribution >= 0.6 is 12.4 Å². The first-order chi connectivity index (χ1) is 8.69. The molecular formula is C13H18ClN3O2. The van der Waals surface area contributed by atoms with Gasteiger partial charge in [0.25, 0.3) is 5.56 Å². The van der Waals surface area contributed by atoms with Gasteiger partial charge < -0.3 is 15.2 Å². The Hall–Kier alpha value is -1.33. The molecule has 3 heterocycles. The summed E-state index contributed by atoms with van der Waals surface area (Å²) in [6.45, 7) is 2.21. The molecule has 3 rings (SSSR count). The van der Waals surface area contributed by atoms with E-state index in [0.29, 0.717) is 12.5 Å². The van der Waals surface area contributed by atoms with Crippen LogP contribution in [0.4, 0.5) is 0 Å². The van der Waals surface area contributed by atoms with Gasteiger partial charge in [0.2, 0.25) is 5.91 Å². The highest BCUT2D eigenvalue weighted by Gasteiger charge is 2.35. The number of likely N-dealkylation sites (tertiary alicyclic amines) is 1. The van der Waals surface area contributed by atoms with E-state index in [9.17, 15) is 9.59 Å². The highest BCUT2D eigenvalue weighted by molar-refractivity contribution is 5.85. The maximum absolute atomic E-state index is 11.8. The van der Waals surface area contributed by atoms with Crippen LogP contribution in [0.1, 0.15) is 18.0 Å². The van der Waals surface area contributed by atoms with Gasteiger partial charge in [-0.1, -0.05) is 6.07 Å². The van der Waals surface area contributed by atoms with Crippen molar-refractivity contribution in [3.8, 4) is 0 Å². The van der Waals surface area contributed by atoms with Crippen LogP contribution in [0, 0.1) is 5.92 Å². The van der Waals surface area contributed by atoms with Gasteiger partial charge in [-0.2, -0.15) is 0 Å². The van der Waals surface area contributed by atoms with Gasteiger partial charge in [-0.05, 0) is 18.4 Å². The molecule has 0 aromatic carbocycles. The number of fused-ring (bicyclic) bond motifs is 4. The molecule has 6 heteroatoms. The third-order valence-electron chi connectivity index (χ3n) is 4.01. The zero-order valence-electron chi connectivity index (χ0n) is 10.6. The van der Waals surface area contributed by atoms with E-state index in [0.717, 1.165) is 25.2 Å². The number of rotatable bonds is 1. The predicted octanol–water partition coefficient (Wildman–Crippen LogP) is 0.174. The molecule has 1 amide bonds. The lowest BCUT2D eigenvalue weighted by molar-refractivity contribution is -0.132. The number of aromatic nitrogens is 1. The van der Waals surface area contributed by atoms with Crippen molar-refractivity contribution in [2.24, 2.45) is 11.7 Å². The molecule has 1 aromatic rings. The fourth-order valence-electron chi connectivity index (χ4n) is 3.23. The third kappa shape index (κ3) is 2.40. The molecule has 2 N–H and O–H groups in total. The van der Waals surface area contributed by atoms with Crippen LogP contribution in [-0.2, 0) is 11.3 Å². The number of nitrogens with two attached hydrogens (primary N) is 1. The second-order valence-corrected chi connectivity index (χ2v) is 5.20. The van der Waals surface area contributed by atoms with Crippen molar-refractivity contribution < 1.29 is 4.79 Å². The fourth-order valence-corrected chi connectivity index (χ4v) is 3.23. The average molecular weight is 284 g/mol. The number of nitrogens with zero attached hydrogens (tertiary/aromatic N) is 2. The first-order valence-corrected chi connectivity index (χ1v) is 6.36. The zero-order chi connectivity index (χ0) is 12.7.